The van der Waals surface area contributed by atoms with Gasteiger partial charge >= 0.3 is 0 Å². The number of allylic oxidation sites excluding steroid dienone is 2. The summed E-state index contributed by atoms with van der Waals surface area (Å²) in [6, 6.07) is 0. The lowest BCUT2D eigenvalue weighted by atomic mass is 9.96. The van der Waals surface area contributed by atoms with Crippen molar-refractivity contribution < 1.29 is 5.11 Å². The highest BCUT2D eigenvalue weighted by atomic mass is 16.3. The van der Waals surface area contributed by atoms with Gasteiger partial charge in [0.15, 0.2) is 0 Å². The van der Waals surface area contributed by atoms with Crippen molar-refractivity contribution in [1.82, 2.24) is 0 Å². The third-order valence-corrected chi connectivity index (χ3v) is 3.90. The molecule has 1 rings (SSSR count). The van der Waals surface area contributed by atoms with Gasteiger partial charge in [0.1, 0.15) is 0 Å². The molecule has 0 aromatic rings. The first-order chi connectivity index (χ1) is 7.06. The van der Waals surface area contributed by atoms with Gasteiger partial charge < -0.3 is 5.11 Å². The van der Waals surface area contributed by atoms with E-state index in [9.17, 15) is 5.11 Å². The fourth-order valence-corrected chi connectivity index (χ4v) is 2.63. The maximum absolute atomic E-state index is 9.34. The van der Waals surface area contributed by atoms with Gasteiger partial charge in [-0.3, -0.25) is 0 Å². The summed E-state index contributed by atoms with van der Waals surface area (Å²) in [5, 5.41) is 9.34. The van der Waals surface area contributed by atoms with E-state index in [1.54, 1.807) is 0 Å². The Morgan fingerprint density at radius 3 is 2.53 bits per heavy atom. The van der Waals surface area contributed by atoms with Crippen molar-refractivity contribution in [1.29, 1.82) is 0 Å². The topological polar surface area (TPSA) is 20.2 Å². The zero-order valence-corrected chi connectivity index (χ0v) is 10.7. The molecule has 0 aliphatic heterocycles. The van der Waals surface area contributed by atoms with Gasteiger partial charge in [0, 0.05) is 6.61 Å². The van der Waals surface area contributed by atoms with Gasteiger partial charge in [0.2, 0.25) is 0 Å². The average Bonchev–Trinajstić information content (AvgIpc) is 2.77. The second-order valence-corrected chi connectivity index (χ2v) is 5.55. The van der Waals surface area contributed by atoms with E-state index in [0.717, 1.165) is 0 Å². The minimum Gasteiger partial charge on any atom is -0.396 e. The molecule has 3 atom stereocenters. The highest BCUT2D eigenvalue weighted by Crippen LogP contribution is 2.62. The van der Waals surface area contributed by atoms with Crippen molar-refractivity contribution in [2.24, 2.45) is 23.2 Å². The summed E-state index contributed by atoms with van der Waals surface area (Å²) in [4.78, 5) is 0. The third-order valence-electron chi connectivity index (χ3n) is 3.90. The van der Waals surface area contributed by atoms with Crippen LogP contribution in [0.25, 0.3) is 0 Å². The van der Waals surface area contributed by atoms with Crippen molar-refractivity contribution in [3.63, 3.8) is 0 Å². The van der Waals surface area contributed by atoms with Crippen molar-refractivity contribution in [2.75, 3.05) is 6.61 Å². The van der Waals surface area contributed by atoms with E-state index in [4.69, 9.17) is 0 Å². The van der Waals surface area contributed by atoms with Crippen LogP contribution in [-0.4, -0.2) is 11.7 Å². The van der Waals surface area contributed by atoms with Crippen LogP contribution >= 0.6 is 0 Å². The maximum Gasteiger partial charge on any atom is 0.0470 e. The number of unbranched alkanes of at least 4 members (excludes halogenated alkanes) is 1. The largest absolute Gasteiger partial charge is 0.396 e. The highest BCUT2D eigenvalue weighted by Gasteiger charge is 2.58. The SMILES string of the molecule is CCCC[C@@]1(C)[C@H](/C=C/C(C)C)[C@@H]1CO. The molecular formula is C14H26O. The quantitative estimate of drug-likeness (QED) is 0.664. The van der Waals surface area contributed by atoms with Gasteiger partial charge in [-0.15, -0.1) is 0 Å². The molecule has 0 aromatic carbocycles. The fourth-order valence-electron chi connectivity index (χ4n) is 2.63. The van der Waals surface area contributed by atoms with Crippen LogP contribution in [-0.2, 0) is 0 Å². The van der Waals surface area contributed by atoms with E-state index in [-0.39, 0.29) is 0 Å². The summed E-state index contributed by atoms with van der Waals surface area (Å²) in [5.41, 5.74) is 0.385. The first-order valence-corrected chi connectivity index (χ1v) is 6.35. The molecule has 1 N–H and O–H groups in total. The summed E-state index contributed by atoms with van der Waals surface area (Å²) < 4.78 is 0. The number of hydrogen-bond donors (Lipinski definition) is 1. The van der Waals surface area contributed by atoms with E-state index in [1.807, 2.05) is 0 Å². The molecule has 0 aromatic heterocycles. The zero-order chi connectivity index (χ0) is 11.5. The first-order valence-electron chi connectivity index (χ1n) is 6.35. The number of aliphatic hydroxyl groups excluding tert-OH is 1. The molecule has 0 bridgehead atoms. The molecule has 1 fully saturated rings. The lowest BCUT2D eigenvalue weighted by Crippen LogP contribution is -2.01. The predicted molar refractivity (Wildman–Crippen MR) is 65.7 cm³/mol. The molecule has 0 amide bonds. The molecule has 88 valence electrons. The third kappa shape index (κ3) is 2.84. The van der Waals surface area contributed by atoms with Crippen molar-refractivity contribution in [3.8, 4) is 0 Å². The Morgan fingerprint density at radius 1 is 1.40 bits per heavy atom. The van der Waals surface area contributed by atoms with Crippen LogP contribution in [0.1, 0.15) is 47.0 Å². The summed E-state index contributed by atoms with van der Waals surface area (Å²) in [6.45, 7) is 9.33. The molecule has 1 aliphatic carbocycles. The van der Waals surface area contributed by atoms with E-state index >= 15 is 0 Å². The molecule has 1 heteroatoms. The van der Waals surface area contributed by atoms with Crippen LogP contribution < -0.4 is 0 Å². The number of hydrogen-bond acceptors (Lipinski definition) is 1. The van der Waals surface area contributed by atoms with E-state index in [1.165, 1.54) is 19.3 Å². The normalized spacial score (nSPS) is 35.3. The van der Waals surface area contributed by atoms with Crippen LogP contribution in [0.5, 0.6) is 0 Å². The minimum atomic E-state index is 0.354. The standard InChI is InChI=1S/C14H26O/c1-5-6-9-14(4)12(13(14)10-15)8-7-11(2)3/h7-8,11-13,15H,5-6,9-10H2,1-4H3/b8-7+/t12-,13+,14+/m1/s1. The monoisotopic (exact) mass is 210 g/mol. The molecule has 15 heavy (non-hydrogen) atoms. The van der Waals surface area contributed by atoms with Crippen LogP contribution in [0.4, 0.5) is 0 Å². The Hall–Kier alpha value is -0.300. The van der Waals surface area contributed by atoms with Gasteiger partial charge in [0.05, 0.1) is 0 Å². The highest BCUT2D eigenvalue weighted by molar-refractivity contribution is 5.16. The molecule has 0 spiro atoms. The van der Waals surface area contributed by atoms with Gasteiger partial charge in [-0.05, 0) is 29.6 Å². The lowest BCUT2D eigenvalue weighted by molar-refractivity contribution is 0.248. The Morgan fingerprint density at radius 2 is 2.07 bits per heavy atom. The van der Waals surface area contributed by atoms with Gasteiger partial charge in [-0.2, -0.15) is 0 Å². The molecule has 1 aliphatic rings. The van der Waals surface area contributed by atoms with Crippen molar-refractivity contribution in [2.45, 2.75) is 47.0 Å². The Balaban J connectivity index is 2.51. The van der Waals surface area contributed by atoms with Gasteiger partial charge in [-0.25, -0.2) is 0 Å². The van der Waals surface area contributed by atoms with Crippen molar-refractivity contribution >= 4 is 0 Å². The molecule has 1 saturated carbocycles. The summed E-state index contributed by atoms with van der Waals surface area (Å²) >= 11 is 0. The van der Waals surface area contributed by atoms with Gasteiger partial charge in [0.25, 0.3) is 0 Å². The zero-order valence-electron chi connectivity index (χ0n) is 10.7. The average molecular weight is 210 g/mol. The molecule has 0 saturated heterocycles. The van der Waals surface area contributed by atoms with Crippen LogP contribution in [0, 0.1) is 23.2 Å². The van der Waals surface area contributed by atoms with Crippen LogP contribution in [0.3, 0.4) is 0 Å². The Kier molecular flexibility index (Phi) is 4.39. The van der Waals surface area contributed by atoms with E-state index in [2.05, 4.69) is 39.8 Å². The Bertz CT molecular complexity index is 219. The Labute approximate surface area is 94.6 Å². The predicted octanol–water partition coefficient (Wildman–Crippen LogP) is 3.63. The lowest BCUT2D eigenvalue weighted by Gasteiger charge is -2.09. The summed E-state index contributed by atoms with van der Waals surface area (Å²) in [7, 11) is 0. The smallest absolute Gasteiger partial charge is 0.0470 e. The maximum atomic E-state index is 9.34. The number of aliphatic hydroxyl groups is 1. The second-order valence-electron chi connectivity index (χ2n) is 5.55. The molecule has 0 radical (unpaired) electrons. The molecule has 0 unspecified atom stereocenters. The molecule has 1 nitrogen and oxygen atoms in total. The molecule has 0 heterocycles. The molecular weight excluding hydrogens is 184 g/mol. The van der Waals surface area contributed by atoms with Crippen LogP contribution in [0.2, 0.25) is 0 Å². The van der Waals surface area contributed by atoms with E-state index < -0.39 is 0 Å². The summed E-state index contributed by atoms with van der Waals surface area (Å²) in [5.74, 6) is 1.76. The van der Waals surface area contributed by atoms with Crippen molar-refractivity contribution in [3.05, 3.63) is 12.2 Å². The van der Waals surface area contributed by atoms with Crippen LogP contribution in [0.15, 0.2) is 12.2 Å². The van der Waals surface area contributed by atoms with E-state index in [0.29, 0.717) is 29.8 Å². The second kappa shape index (κ2) is 5.16. The fraction of sp³-hybridized carbons (Fsp3) is 0.857. The number of rotatable bonds is 6. The first kappa shape index (κ1) is 12.8. The summed E-state index contributed by atoms with van der Waals surface area (Å²) in [6.07, 6.45) is 8.43. The van der Waals surface area contributed by atoms with Gasteiger partial charge in [-0.1, -0.05) is 52.7 Å². The minimum absolute atomic E-state index is 0.354.